The van der Waals surface area contributed by atoms with Gasteiger partial charge in [-0.05, 0) is 48.7 Å². The van der Waals surface area contributed by atoms with Gasteiger partial charge in [0.15, 0.2) is 0 Å². The van der Waals surface area contributed by atoms with E-state index in [4.69, 9.17) is 19.0 Å². The van der Waals surface area contributed by atoms with Crippen LogP contribution >= 0.6 is 0 Å². The van der Waals surface area contributed by atoms with Crippen molar-refractivity contribution in [1.29, 1.82) is 0 Å². The van der Waals surface area contributed by atoms with Gasteiger partial charge in [0.25, 0.3) is 0 Å². The fourth-order valence-corrected chi connectivity index (χ4v) is 3.10. The van der Waals surface area contributed by atoms with Crippen LogP contribution in [0.25, 0.3) is 11.5 Å². The summed E-state index contributed by atoms with van der Waals surface area (Å²) in [6, 6.07) is 15.5. The maximum absolute atomic E-state index is 10.8. The van der Waals surface area contributed by atoms with Crippen LogP contribution in [0.2, 0.25) is 0 Å². The molecule has 3 rings (SSSR count). The molecule has 1 heterocycles. The number of aliphatic carboxylic acids is 1. The van der Waals surface area contributed by atoms with E-state index >= 15 is 0 Å². The highest BCUT2D eigenvalue weighted by Crippen LogP contribution is 2.23. The zero-order chi connectivity index (χ0) is 20.6. The zero-order valence-electron chi connectivity index (χ0n) is 16.7. The van der Waals surface area contributed by atoms with Crippen LogP contribution < -0.4 is 4.74 Å². The molecule has 0 radical (unpaired) electrons. The second kappa shape index (κ2) is 9.89. The number of carboxylic acids is 1. The third-order valence-corrected chi connectivity index (χ3v) is 4.61. The SMILES string of the molecule is COCc1cc(OCCc2nc(-c3ccccc3)oc2C)ccc1CCC(=O)O. The largest absolute Gasteiger partial charge is 0.493 e. The third-order valence-electron chi connectivity index (χ3n) is 4.61. The number of aromatic nitrogens is 1. The summed E-state index contributed by atoms with van der Waals surface area (Å²) in [5, 5.41) is 8.90. The molecule has 29 heavy (non-hydrogen) atoms. The molecule has 0 saturated heterocycles. The van der Waals surface area contributed by atoms with Crippen molar-refractivity contribution in [1.82, 2.24) is 4.98 Å². The lowest BCUT2D eigenvalue weighted by Gasteiger charge is -2.12. The number of nitrogens with zero attached hydrogens (tertiary/aromatic N) is 1. The Morgan fingerprint density at radius 3 is 2.62 bits per heavy atom. The van der Waals surface area contributed by atoms with E-state index in [1.54, 1.807) is 7.11 Å². The van der Waals surface area contributed by atoms with E-state index in [9.17, 15) is 4.79 Å². The third kappa shape index (κ3) is 5.68. The molecule has 0 aliphatic heterocycles. The van der Waals surface area contributed by atoms with E-state index in [1.165, 1.54) is 0 Å². The van der Waals surface area contributed by atoms with Gasteiger partial charge in [-0.15, -0.1) is 0 Å². The topological polar surface area (TPSA) is 81.8 Å². The minimum absolute atomic E-state index is 0.0894. The van der Waals surface area contributed by atoms with Crippen LogP contribution in [-0.4, -0.2) is 29.8 Å². The van der Waals surface area contributed by atoms with Crippen LogP contribution in [0.3, 0.4) is 0 Å². The number of aryl methyl sites for hydroxylation is 2. The highest BCUT2D eigenvalue weighted by atomic mass is 16.5. The summed E-state index contributed by atoms with van der Waals surface area (Å²) in [5.74, 6) is 1.31. The Balaban J connectivity index is 1.62. The first-order chi connectivity index (χ1) is 14.1. The number of carboxylic acid groups (broad SMARTS) is 1. The van der Waals surface area contributed by atoms with E-state index in [2.05, 4.69) is 4.98 Å². The summed E-state index contributed by atoms with van der Waals surface area (Å²) in [7, 11) is 1.62. The standard InChI is InChI=1S/C23H25NO5/c1-16-21(24-23(29-16)18-6-4-3-5-7-18)12-13-28-20-10-8-17(9-11-22(25)26)19(14-20)15-27-2/h3-8,10,14H,9,11-13,15H2,1-2H3,(H,25,26). The Labute approximate surface area is 170 Å². The quantitative estimate of drug-likeness (QED) is 0.547. The first-order valence-corrected chi connectivity index (χ1v) is 9.54. The number of methoxy groups -OCH3 is 1. The molecule has 3 aromatic rings. The predicted octanol–water partition coefficient (Wildman–Crippen LogP) is 4.44. The van der Waals surface area contributed by atoms with E-state index in [0.717, 1.165) is 33.9 Å². The van der Waals surface area contributed by atoms with Gasteiger partial charge >= 0.3 is 5.97 Å². The number of benzene rings is 2. The summed E-state index contributed by atoms with van der Waals surface area (Å²) in [5.41, 5.74) is 3.72. The summed E-state index contributed by atoms with van der Waals surface area (Å²) in [4.78, 5) is 15.4. The normalized spacial score (nSPS) is 10.8. The summed E-state index contributed by atoms with van der Waals surface area (Å²) < 4.78 is 16.9. The second-order valence-electron chi connectivity index (χ2n) is 6.74. The fourth-order valence-electron chi connectivity index (χ4n) is 3.10. The summed E-state index contributed by atoms with van der Waals surface area (Å²) in [6.45, 7) is 2.78. The van der Waals surface area contributed by atoms with Crippen molar-refractivity contribution in [3.63, 3.8) is 0 Å². The van der Waals surface area contributed by atoms with Gasteiger partial charge in [-0.1, -0.05) is 24.3 Å². The Bertz CT molecular complexity index is 949. The Morgan fingerprint density at radius 1 is 1.10 bits per heavy atom. The van der Waals surface area contributed by atoms with Crippen LogP contribution in [0, 0.1) is 6.92 Å². The Hall–Kier alpha value is -3.12. The van der Waals surface area contributed by atoms with E-state index < -0.39 is 5.97 Å². The molecule has 0 aliphatic carbocycles. The van der Waals surface area contributed by atoms with Crippen molar-refractivity contribution in [3.05, 3.63) is 71.1 Å². The van der Waals surface area contributed by atoms with Crippen LogP contribution in [0.15, 0.2) is 52.9 Å². The van der Waals surface area contributed by atoms with Gasteiger partial charge in [0.05, 0.1) is 18.9 Å². The molecule has 0 bridgehead atoms. The maximum Gasteiger partial charge on any atom is 0.303 e. The van der Waals surface area contributed by atoms with Gasteiger partial charge in [0, 0.05) is 25.5 Å². The minimum Gasteiger partial charge on any atom is -0.493 e. The lowest BCUT2D eigenvalue weighted by Crippen LogP contribution is -2.05. The number of ether oxygens (including phenoxy) is 2. The number of hydrogen-bond donors (Lipinski definition) is 1. The van der Waals surface area contributed by atoms with E-state index in [1.807, 2.05) is 55.5 Å². The Kier molecular flexibility index (Phi) is 7.03. The van der Waals surface area contributed by atoms with Crippen LogP contribution in [0.5, 0.6) is 5.75 Å². The van der Waals surface area contributed by atoms with Gasteiger partial charge < -0.3 is 19.0 Å². The first kappa shape index (κ1) is 20.6. The molecule has 0 unspecified atom stereocenters. The van der Waals surface area contributed by atoms with E-state index in [-0.39, 0.29) is 6.42 Å². The molecule has 1 aromatic heterocycles. The van der Waals surface area contributed by atoms with Crippen molar-refractivity contribution >= 4 is 5.97 Å². The lowest BCUT2D eigenvalue weighted by atomic mass is 10.0. The Morgan fingerprint density at radius 2 is 1.90 bits per heavy atom. The highest BCUT2D eigenvalue weighted by Gasteiger charge is 2.12. The molecule has 0 fully saturated rings. The first-order valence-electron chi connectivity index (χ1n) is 9.54. The molecular weight excluding hydrogens is 370 g/mol. The van der Waals surface area contributed by atoms with Crippen LogP contribution in [0.4, 0.5) is 0 Å². The lowest BCUT2D eigenvalue weighted by molar-refractivity contribution is -0.136. The fraction of sp³-hybridized carbons (Fsp3) is 0.304. The van der Waals surface area contributed by atoms with Gasteiger partial charge in [0.1, 0.15) is 11.5 Å². The van der Waals surface area contributed by atoms with Gasteiger partial charge in [-0.25, -0.2) is 4.98 Å². The average molecular weight is 395 g/mol. The molecule has 0 atom stereocenters. The van der Waals surface area contributed by atoms with Crippen molar-refractivity contribution in [2.75, 3.05) is 13.7 Å². The highest BCUT2D eigenvalue weighted by molar-refractivity contribution is 5.67. The van der Waals surface area contributed by atoms with Gasteiger partial charge in [-0.3, -0.25) is 4.79 Å². The smallest absolute Gasteiger partial charge is 0.303 e. The zero-order valence-corrected chi connectivity index (χ0v) is 16.7. The number of hydrogen-bond acceptors (Lipinski definition) is 5. The second-order valence-corrected chi connectivity index (χ2v) is 6.74. The molecule has 0 amide bonds. The van der Waals surface area contributed by atoms with Crippen molar-refractivity contribution in [3.8, 4) is 17.2 Å². The summed E-state index contributed by atoms with van der Waals surface area (Å²) in [6.07, 6.45) is 1.18. The predicted molar refractivity (Wildman–Crippen MR) is 109 cm³/mol. The summed E-state index contributed by atoms with van der Waals surface area (Å²) >= 11 is 0. The van der Waals surface area contributed by atoms with Crippen molar-refractivity contribution in [2.45, 2.75) is 32.8 Å². The molecule has 0 spiro atoms. The minimum atomic E-state index is -0.813. The van der Waals surface area contributed by atoms with Crippen LogP contribution in [-0.2, 0) is 29.0 Å². The molecule has 2 aromatic carbocycles. The van der Waals surface area contributed by atoms with Crippen molar-refractivity contribution in [2.24, 2.45) is 0 Å². The molecule has 0 aliphatic rings. The van der Waals surface area contributed by atoms with Crippen molar-refractivity contribution < 1.29 is 23.8 Å². The number of rotatable bonds is 10. The average Bonchev–Trinajstić information content (AvgIpc) is 3.09. The van der Waals surface area contributed by atoms with E-state index in [0.29, 0.717) is 31.9 Å². The molecule has 152 valence electrons. The van der Waals surface area contributed by atoms with Crippen LogP contribution in [0.1, 0.15) is 29.0 Å². The molecule has 0 saturated carbocycles. The molecule has 6 heteroatoms. The number of carbonyl (C=O) groups is 1. The molecule has 6 nitrogen and oxygen atoms in total. The molecular formula is C23H25NO5. The number of oxazole rings is 1. The van der Waals surface area contributed by atoms with Gasteiger partial charge in [0.2, 0.25) is 5.89 Å². The van der Waals surface area contributed by atoms with Gasteiger partial charge in [-0.2, -0.15) is 0 Å². The maximum atomic E-state index is 10.8. The monoisotopic (exact) mass is 395 g/mol. The molecule has 1 N–H and O–H groups in total.